The molecule has 21 heavy (non-hydrogen) atoms. The Kier molecular flexibility index (Phi) is 5.59. The predicted molar refractivity (Wildman–Crippen MR) is 79.3 cm³/mol. The fraction of sp³-hybridized carbons (Fsp3) is 0.176. The zero-order chi connectivity index (χ0) is 15.1. The maximum atomic E-state index is 13.5. The van der Waals surface area contributed by atoms with Gasteiger partial charge in [0.05, 0.1) is 5.56 Å². The van der Waals surface area contributed by atoms with Crippen molar-refractivity contribution < 1.29 is 13.5 Å². The Hall–Kier alpha value is -2.05. The molecule has 2 aromatic carbocycles. The van der Waals surface area contributed by atoms with Crippen LogP contribution in [0.3, 0.4) is 0 Å². The van der Waals surface area contributed by atoms with Crippen LogP contribution in [0.1, 0.15) is 17.5 Å². The summed E-state index contributed by atoms with van der Waals surface area (Å²) in [5.74, 6) is 5.86. The summed E-state index contributed by atoms with van der Waals surface area (Å²) >= 11 is 5.57. The van der Waals surface area contributed by atoms with Crippen LogP contribution in [0.5, 0.6) is 5.75 Å². The van der Waals surface area contributed by atoms with Crippen LogP contribution in [0.2, 0.25) is 0 Å². The molecule has 0 bridgehead atoms. The Balaban J connectivity index is 2.13. The molecule has 0 aliphatic carbocycles. The summed E-state index contributed by atoms with van der Waals surface area (Å²) in [4.78, 5) is 0. The lowest BCUT2D eigenvalue weighted by Crippen LogP contribution is -2.00. The van der Waals surface area contributed by atoms with Gasteiger partial charge in [-0.2, -0.15) is 0 Å². The number of rotatable bonds is 4. The van der Waals surface area contributed by atoms with E-state index in [2.05, 4.69) is 11.8 Å². The summed E-state index contributed by atoms with van der Waals surface area (Å²) < 4.78 is 32.2. The first-order valence-electron chi connectivity index (χ1n) is 6.41. The highest BCUT2D eigenvalue weighted by molar-refractivity contribution is 6.18. The van der Waals surface area contributed by atoms with Gasteiger partial charge >= 0.3 is 0 Å². The Bertz CT molecular complexity index is 674. The quantitative estimate of drug-likeness (QED) is 0.596. The number of hydrogen-bond acceptors (Lipinski definition) is 1. The summed E-state index contributed by atoms with van der Waals surface area (Å²) in [5.41, 5.74) is 0.859. The van der Waals surface area contributed by atoms with Crippen LogP contribution in [0.4, 0.5) is 8.78 Å². The molecule has 0 fully saturated rings. The van der Waals surface area contributed by atoms with Gasteiger partial charge in [0.15, 0.2) is 0 Å². The van der Waals surface area contributed by atoms with Gasteiger partial charge in [-0.15, -0.1) is 11.6 Å². The fourth-order valence-electron chi connectivity index (χ4n) is 1.71. The van der Waals surface area contributed by atoms with Crippen molar-refractivity contribution in [3.63, 3.8) is 0 Å². The maximum absolute atomic E-state index is 13.5. The van der Waals surface area contributed by atoms with Crippen LogP contribution in [-0.2, 0) is 6.61 Å². The van der Waals surface area contributed by atoms with Crippen molar-refractivity contribution in [3.05, 3.63) is 65.2 Å². The van der Waals surface area contributed by atoms with Crippen LogP contribution >= 0.6 is 11.6 Å². The van der Waals surface area contributed by atoms with E-state index in [0.717, 1.165) is 18.2 Å². The summed E-state index contributed by atoms with van der Waals surface area (Å²) in [7, 11) is 0. The SMILES string of the molecule is Fc1ccc(F)c(COc2ccccc2C#CCCCl)c1. The van der Waals surface area contributed by atoms with Gasteiger partial charge in [-0.05, 0) is 30.3 Å². The minimum Gasteiger partial charge on any atom is -0.487 e. The molecular formula is C17H13ClF2O. The number of ether oxygens (including phenoxy) is 1. The first-order chi connectivity index (χ1) is 10.2. The number of para-hydroxylation sites is 1. The lowest BCUT2D eigenvalue weighted by atomic mass is 10.2. The Labute approximate surface area is 127 Å². The minimum atomic E-state index is -0.498. The van der Waals surface area contributed by atoms with Gasteiger partial charge in [-0.25, -0.2) is 8.78 Å². The molecule has 0 N–H and O–H groups in total. The zero-order valence-electron chi connectivity index (χ0n) is 11.2. The van der Waals surface area contributed by atoms with Crippen molar-refractivity contribution in [1.82, 2.24) is 0 Å². The summed E-state index contributed by atoms with van der Waals surface area (Å²) in [5, 5.41) is 0. The topological polar surface area (TPSA) is 9.23 Å². The van der Waals surface area contributed by atoms with E-state index in [1.165, 1.54) is 0 Å². The van der Waals surface area contributed by atoms with Crippen LogP contribution in [0.15, 0.2) is 42.5 Å². The molecule has 0 saturated heterocycles. The highest BCUT2D eigenvalue weighted by Crippen LogP contribution is 2.19. The third-order valence-corrected chi connectivity index (χ3v) is 2.91. The summed E-state index contributed by atoms with van der Waals surface area (Å²) in [6.07, 6.45) is 0.578. The molecule has 1 nitrogen and oxygen atoms in total. The third-order valence-electron chi connectivity index (χ3n) is 2.72. The first-order valence-corrected chi connectivity index (χ1v) is 6.95. The molecule has 2 aromatic rings. The highest BCUT2D eigenvalue weighted by Gasteiger charge is 2.06. The van der Waals surface area contributed by atoms with Gasteiger partial charge in [-0.3, -0.25) is 0 Å². The van der Waals surface area contributed by atoms with Crippen molar-refractivity contribution in [1.29, 1.82) is 0 Å². The fourth-order valence-corrected chi connectivity index (χ4v) is 1.80. The van der Waals surface area contributed by atoms with Gasteiger partial charge in [0.2, 0.25) is 0 Å². The molecule has 0 unspecified atom stereocenters. The normalized spacial score (nSPS) is 9.86. The standard InChI is InChI=1S/C17H13ClF2O/c18-10-4-3-6-13-5-1-2-7-17(13)21-12-14-11-15(19)8-9-16(14)20/h1-2,5,7-9,11H,4,10,12H2. The highest BCUT2D eigenvalue weighted by atomic mass is 35.5. The second-order valence-corrected chi connectivity index (χ2v) is 4.64. The molecule has 0 aromatic heterocycles. The molecule has 0 radical (unpaired) electrons. The van der Waals surface area contributed by atoms with Crippen molar-refractivity contribution in [2.75, 3.05) is 5.88 Å². The van der Waals surface area contributed by atoms with Crippen molar-refractivity contribution in [3.8, 4) is 17.6 Å². The molecule has 0 atom stereocenters. The third kappa shape index (κ3) is 4.47. The lowest BCUT2D eigenvalue weighted by molar-refractivity contribution is 0.298. The first kappa shape index (κ1) is 15.3. The molecule has 0 amide bonds. The predicted octanol–water partition coefficient (Wildman–Crippen LogP) is 4.52. The van der Waals surface area contributed by atoms with E-state index in [9.17, 15) is 8.78 Å². The molecule has 0 spiro atoms. The van der Waals surface area contributed by atoms with Gasteiger partial charge in [-0.1, -0.05) is 24.0 Å². The van der Waals surface area contributed by atoms with Crippen molar-refractivity contribution >= 4 is 11.6 Å². The minimum absolute atomic E-state index is 0.0577. The monoisotopic (exact) mass is 306 g/mol. The lowest BCUT2D eigenvalue weighted by Gasteiger charge is -2.09. The molecule has 0 aliphatic heterocycles. The number of alkyl halides is 1. The van der Waals surface area contributed by atoms with E-state index in [0.29, 0.717) is 23.6 Å². The molecule has 4 heteroatoms. The Morgan fingerprint density at radius 3 is 2.71 bits per heavy atom. The zero-order valence-corrected chi connectivity index (χ0v) is 12.0. The molecule has 0 aliphatic rings. The number of hydrogen-bond donors (Lipinski definition) is 0. The average molecular weight is 307 g/mol. The largest absolute Gasteiger partial charge is 0.487 e. The van der Waals surface area contributed by atoms with Crippen molar-refractivity contribution in [2.24, 2.45) is 0 Å². The summed E-state index contributed by atoms with van der Waals surface area (Å²) in [6.45, 7) is -0.0577. The van der Waals surface area contributed by atoms with E-state index in [4.69, 9.17) is 16.3 Å². The van der Waals surface area contributed by atoms with E-state index < -0.39 is 11.6 Å². The van der Waals surface area contributed by atoms with Gasteiger partial charge < -0.3 is 4.74 Å². The molecule has 2 rings (SSSR count). The second kappa shape index (κ2) is 7.66. The second-order valence-electron chi connectivity index (χ2n) is 4.26. The maximum Gasteiger partial charge on any atom is 0.135 e. The van der Waals surface area contributed by atoms with Gasteiger partial charge in [0.25, 0.3) is 0 Å². The van der Waals surface area contributed by atoms with Crippen LogP contribution < -0.4 is 4.74 Å². The van der Waals surface area contributed by atoms with E-state index in [-0.39, 0.29) is 12.2 Å². The van der Waals surface area contributed by atoms with E-state index in [1.54, 1.807) is 18.2 Å². The smallest absolute Gasteiger partial charge is 0.135 e. The molecule has 108 valence electrons. The van der Waals surface area contributed by atoms with Crippen LogP contribution in [0, 0.1) is 23.5 Å². The van der Waals surface area contributed by atoms with Gasteiger partial charge in [0.1, 0.15) is 24.0 Å². The number of halogens is 3. The summed E-state index contributed by atoms with van der Waals surface area (Å²) in [6, 6.07) is 10.5. The van der Waals surface area contributed by atoms with Crippen LogP contribution in [-0.4, -0.2) is 5.88 Å². The van der Waals surface area contributed by atoms with Crippen LogP contribution in [0.25, 0.3) is 0 Å². The molecular weight excluding hydrogens is 294 g/mol. The Morgan fingerprint density at radius 1 is 1.10 bits per heavy atom. The van der Waals surface area contributed by atoms with E-state index in [1.807, 2.05) is 6.07 Å². The molecule has 0 heterocycles. The average Bonchev–Trinajstić information content (AvgIpc) is 2.49. The van der Waals surface area contributed by atoms with Crippen molar-refractivity contribution in [2.45, 2.75) is 13.0 Å². The Morgan fingerprint density at radius 2 is 1.90 bits per heavy atom. The number of benzene rings is 2. The van der Waals surface area contributed by atoms with Gasteiger partial charge in [0, 0.05) is 17.9 Å². The molecule has 0 saturated carbocycles. The van der Waals surface area contributed by atoms with E-state index >= 15 is 0 Å².